The summed E-state index contributed by atoms with van der Waals surface area (Å²) in [6.45, 7) is 1.41. The van der Waals surface area contributed by atoms with Crippen LogP contribution in [0, 0.1) is 5.82 Å². The maximum absolute atomic E-state index is 13.9. The van der Waals surface area contributed by atoms with Gasteiger partial charge in [-0.2, -0.15) is 11.8 Å². The van der Waals surface area contributed by atoms with E-state index in [1.807, 2.05) is 34.5 Å². The molecule has 0 radical (unpaired) electrons. The van der Waals surface area contributed by atoms with Gasteiger partial charge >= 0.3 is 0 Å². The number of nitrogens with zero attached hydrogens (tertiary/aromatic N) is 1. The van der Waals surface area contributed by atoms with Crippen LogP contribution in [0.4, 0.5) is 4.39 Å². The molecule has 0 N–H and O–H groups in total. The molecule has 21 heavy (non-hydrogen) atoms. The highest BCUT2D eigenvalue weighted by atomic mass is 32.2. The van der Waals surface area contributed by atoms with Crippen LogP contribution < -0.4 is 0 Å². The zero-order valence-corrected chi connectivity index (χ0v) is 13.1. The van der Waals surface area contributed by atoms with Gasteiger partial charge in [-0.15, -0.1) is 11.3 Å². The second kappa shape index (κ2) is 6.62. The molecule has 1 fully saturated rings. The van der Waals surface area contributed by atoms with Crippen molar-refractivity contribution in [2.24, 2.45) is 0 Å². The summed E-state index contributed by atoms with van der Waals surface area (Å²) in [4.78, 5) is 15.0. The summed E-state index contributed by atoms with van der Waals surface area (Å²) in [6.07, 6.45) is 0.794. The normalized spacial score (nSPS) is 19.3. The van der Waals surface area contributed by atoms with Crippen LogP contribution in [0.5, 0.6) is 0 Å². The number of carbonyl (C=O) groups excluding carboxylic acids is 1. The van der Waals surface area contributed by atoms with E-state index in [9.17, 15) is 9.18 Å². The molecule has 2 aromatic rings. The van der Waals surface area contributed by atoms with Crippen LogP contribution in [0.1, 0.15) is 26.9 Å². The maximum atomic E-state index is 13.9. The molecule has 0 saturated carbocycles. The molecule has 1 aliphatic rings. The van der Waals surface area contributed by atoms with Crippen molar-refractivity contribution in [2.75, 3.05) is 18.8 Å². The summed E-state index contributed by atoms with van der Waals surface area (Å²) in [7, 11) is 0. The van der Waals surface area contributed by atoms with Crippen molar-refractivity contribution in [2.45, 2.75) is 11.7 Å². The van der Waals surface area contributed by atoms with E-state index in [-0.39, 0.29) is 17.0 Å². The number of thioether (sulfide) groups is 1. The lowest BCUT2D eigenvalue weighted by Gasteiger charge is -2.19. The minimum Gasteiger partial charge on any atom is -0.337 e. The molecule has 1 atom stereocenters. The van der Waals surface area contributed by atoms with Crippen molar-refractivity contribution in [1.29, 1.82) is 0 Å². The van der Waals surface area contributed by atoms with Crippen LogP contribution in [-0.4, -0.2) is 29.6 Å². The van der Waals surface area contributed by atoms with E-state index in [1.54, 1.807) is 17.8 Å². The lowest BCUT2D eigenvalue weighted by atomic mass is 10.1. The van der Waals surface area contributed by atoms with Gasteiger partial charge in [-0.3, -0.25) is 4.79 Å². The minimum absolute atomic E-state index is 0.0970. The second-order valence-electron chi connectivity index (χ2n) is 4.94. The third kappa shape index (κ3) is 3.30. The predicted molar refractivity (Wildman–Crippen MR) is 86.4 cm³/mol. The molecule has 1 amide bonds. The van der Waals surface area contributed by atoms with Gasteiger partial charge < -0.3 is 4.90 Å². The summed E-state index contributed by atoms with van der Waals surface area (Å²) < 4.78 is 13.9. The van der Waals surface area contributed by atoms with Crippen LogP contribution in [0.3, 0.4) is 0 Å². The molecular formula is C16H16FNOS2. The van der Waals surface area contributed by atoms with Gasteiger partial charge in [0.25, 0.3) is 5.91 Å². The Labute approximate surface area is 132 Å². The summed E-state index contributed by atoms with van der Waals surface area (Å²) in [6, 6.07) is 10.7. The van der Waals surface area contributed by atoms with Crippen LogP contribution in [0.15, 0.2) is 41.8 Å². The topological polar surface area (TPSA) is 20.3 Å². The molecule has 2 nitrogen and oxygen atoms in total. The molecule has 1 aromatic heterocycles. The summed E-state index contributed by atoms with van der Waals surface area (Å²) in [5, 5.41) is 2.05. The molecule has 1 aromatic carbocycles. The Balaban J connectivity index is 1.70. The first-order valence-corrected chi connectivity index (χ1v) is 8.87. The largest absolute Gasteiger partial charge is 0.337 e. The van der Waals surface area contributed by atoms with Crippen LogP contribution >= 0.6 is 23.1 Å². The smallest absolute Gasteiger partial charge is 0.263 e. The number of hydrogen-bond donors (Lipinski definition) is 0. The average Bonchev–Trinajstić information content (AvgIpc) is 2.92. The fourth-order valence-corrected chi connectivity index (χ4v) is 4.46. The van der Waals surface area contributed by atoms with Crippen molar-refractivity contribution in [1.82, 2.24) is 4.90 Å². The number of thiophene rings is 1. The van der Waals surface area contributed by atoms with E-state index in [1.165, 1.54) is 17.4 Å². The van der Waals surface area contributed by atoms with E-state index < -0.39 is 0 Å². The molecule has 0 aliphatic carbocycles. The third-order valence-electron chi connectivity index (χ3n) is 3.61. The third-order valence-corrected chi connectivity index (χ3v) is 5.78. The lowest BCUT2D eigenvalue weighted by Crippen LogP contribution is -2.32. The predicted octanol–water partition coefficient (Wildman–Crippen LogP) is 4.21. The molecular weight excluding hydrogens is 305 g/mol. The number of carbonyl (C=O) groups is 1. The van der Waals surface area contributed by atoms with Crippen molar-refractivity contribution in [3.8, 4) is 0 Å². The number of halogens is 1. The zero-order valence-electron chi connectivity index (χ0n) is 11.5. The monoisotopic (exact) mass is 321 g/mol. The quantitative estimate of drug-likeness (QED) is 0.826. The van der Waals surface area contributed by atoms with Crippen LogP contribution in [0.2, 0.25) is 0 Å². The highest BCUT2D eigenvalue weighted by molar-refractivity contribution is 7.99. The summed E-state index contributed by atoms with van der Waals surface area (Å²) in [5.74, 6) is 0.795. The number of amides is 1. The second-order valence-corrected chi connectivity index (χ2v) is 7.20. The Morgan fingerprint density at radius 3 is 2.81 bits per heavy atom. The Kier molecular flexibility index (Phi) is 4.60. The number of benzene rings is 1. The van der Waals surface area contributed by atoms with Crippen LogP contribution in [-0.2, 0) is 0 Å². The molecule has 2 heterocycles. The van der Waals surface area contributed by atoms with E-state index in [0.29, 0.717) is 6.54 Å². The zero-order chi connectivity index (χ0) is 14.7. The van der Waals surface area contributed by atoms with Gasteiger partial charge in [0.15, 0.2) is 0 Å². The summed E-state index contributed by atoms with van der Waals surface area (Å²) >= 11 is 3.21. The van der Waals surface area contributed by atoms with Gasteiger partial charge in [0.05, 0.1) is 4.88 Å². The number of hydrogen-bond acceptors (Lipinski definition) is 3. The van der Waals surface area contributed by atoms with Crippen molar-refractivity contribution >= 4 is 29.0 Å². The highest BCUT2D eigenvalue weighted by Gasteiger charge is 2.24. The first kappa shape index (κ1) is 14.6. The van der Waals surface area contributed by atoms with Crippen LogP contribution in [0.25, 0.3) is 0 Å². The van der Waals surface area contributed by atoms with Gasteiger partial charge in [-0.25, -0.2) is 4.39 Å². The maximum Gasteiger partial charge on any atom is 0.263 e. The molecule has 110 valence electrons. The van der Waals surface area contributed by atoms with Gasteiger partial charge in [0.2, 0.25) is 0 Å². The molecule has 3 rings (SSSR count). The molecule has 0 unspecified atom stereocenters. The van der Waals surface area contributed by atoms with Crippen molar-refractivity contribution in [3.05, 3.63) is 58.0 Å². The molecule has 1 saturated heterocycles. The van der Waals surface area contributed by atoms with Gasteiger partial charge in [-0.05, 0) is 23.9 Å². The Hall–Kier alpha value is -1.33. The van der Waals surface area contributed by atoms with E-state index >= 15 is 0 Å². The average molecular weight is 321 g/mol. The van der Waals surface area contributed by atoms with Crippen molar-refractivity contribution in [3.63, 3.8) is 0 Å². The standard InChI is InChI=1S/C16H16FNOS2/c17-13-5-2-1-4-12(13)14-7-8-18(9-11-21-14)16(19)15-6-3-10-20-15/h1-6,10,14H,7-9,11H2/t14-/m1/s1. The molecule has 1 aliphatic heterocycles. The fourth-order valence-electron chi connectivity index (χ4n) is 2.51. The van der Waals surface area contributed by atoms with Gasteiger partial charge in [0.1, 0.15) is 5.82 Å². The Morgan fingerprint density at radius 2 is 2.05 bits per heavy atom. The van der Waals surface area contributed by atoms with E-state index in [0.717, 1.165) is 29.2 Å². The van der Waals surface area contributed by atoms with E-state index in [2.05, 4.69) is 0 Å². The summed E-state index contributed by atoms with van der Waals surface area (Å²) in [5.41, 5.74) is 0.757. The Bertz CT molecular complexity index is 614. The van der Waals surface area contributed by atoms with Gasteiger partial charge in [-0.1, -0.05) is 24.3 Å². The van der Waals surface area contributed by atoms with Gasteiger partial charge in [0, 0.05) is 29.7 Å². The fraction of sp³-hybridized carbons (Fsp3) is 0.312. The first-order valence-electron chi connectivity index (χ1n) is 6.94. The highest BCUT2D eigenvalue weighted by Crippen LogP contribution is 2.35. The lowest BCUT2D eigenvalue weighted by molar-refractivity contribution is 0.0771. The Morgan fingerprint density at radius 1 is 1.19 bits per heavy atom. The SMILES string of the molecule is O=C(c1cccs1)N1CCS[C@@H](c2ccccc2F)CC1. The number of rotatable bonds is 2. The molecule has 0 bridgehead atoms. The molecule has 5 heteroatoms. The minimum atomic E-state index is -0.145. The first-order chi connectivity index (χ1) is 10.3. The van der Waals surface area contributed by atoms with E-state index in [4.69, 9.17) is 0 Å². The molecule has 0 spiro atoms. The van der Waals surface area contributed by atoms with Crippen molar-refractivity contribution < 1.29 is 9.18 Å².